The molecule has 5 atom stereocenters. The molecule has 1 aliphatic heterocycles. The van der Waals surface area contributed by atoms with Crippen molar-refractivity contribution in [2.75, 3.05) is 12.8 Å². The average molecular weight is 320 g/mol. The molecule has 0 spiro atoms. The van der Waals surface area contributed by atoms with Crippen LogP contribution in [0.15, 0.2) is 12.7 Å². The van der Waals surface area contributed by atoms with Crippen LogP contribution in [-0.2, 0) is 4.74 Å². The Bertz CT molecular complexity index is 777. The van der Waals surface area contributed by atoms with E-state index in [-0.39, 0.29) is 5.92 Å². The van der Waals surface area contributed by atoms with E-state index in [1.807, 2.05) is 13.8 Å². The Balaban J connectivity index is 1.79. The zero-order chi connectivity index (χ0) is 16.6. The van der Waals surface area contributed by atoms with E-state index < -0.39 is 29.6 Å². The molecular formula is C14H20N6O3. The van der Waals surface area contributed by atoms with Gasteiger partial charge in [0.2, 0.25) is 0 Å². The minimum atomic E-state index is -1.12. The fraction of sp³-hybridized carbons (Fsp3) is 0.643. The summed E-state index contributed by atoms with van der Waals surface area (Å²) in [6.07, 6.45) is 0.762. The third kappa shape index (κ3) is 1.62. The van der Waals surface area contributed by atoms with Gasteiger partial charge in [-0.15, -0.1) is 0 Å². The average Bonchev–Trinajstić information content (AvgIpc) is 2.91. The first kappa shape index (κ1) is 14.8. The predicted molar refractivity (Wildman–Crippen MR) is 80.9 cm³/mol. The maximum absolute atomic E-state index is 11.0. The lowest BCUT2D eigenvalue weighted by Crippen LogP contribution is -2.48. The number of ether oxygens (including phenoxy) is 1. The van der Waals surface area contributed by atoms with Gasteiger partial charge in [-0.3, -0.25) is 9.88 Å². The quantitative estimate of drug-likeness (QED) is 0.542. The smallest absolute Gasteiger partial charge is 0.167 e. The van der Waals surface area contributed by atoms with Gasteiger partial charge < -0.3 is 20.7 Å². The zero-order valence-corrected chi connectivity index (χ0v) is 13.1. The molecule has 0 aromatic carbocycles. The molecule has 2 aromatic rings. The van der Waals surface area contributed by atoms with Crippen LogP contribution in [0.1, 0.15) is 20.1 Å². The number of anilines is 1. The van der Waals surface area contributed by atoms with Crippen LogP contribution in [0.25, 0.3) is 11.2 Å². The highest BCUT2D eigenvalue weighted by Gasteiger charge is 2.82. The Morgan fingerprint density at radius 1 is 1.39 bits per heavy atom. The van der Waals surface area contributed by atoms with E-state index in [1.165, 1.54) is 6.33 Å². The summed E-state index contributed by atoms with van der Waals surface area (Å²) in [5.41, 5.74) is 5.36. The summed E-state index contributed by atoms with van der Waals surface area (Å²) in [5, 5.41) is 23.9. The third-order valence-corrected chi connectivity index (χ3v) is 5.45. The lowest BCUT2D eigenvalue weighted by atomic mass is 10.0. The Morgan fingerprint density at radius 2 is 2.13 bits per heavy atom. The topological polar surface area (TPSA) is 131 Å². The molecule has 2 aliphatic rings. The fourth-order valence-electron chi connectivity index (χ4n) is 4.01. The molecule has 0 amide bonds. The number of aliphatic hydroxyl groups is 2. The van der Waals surface area contributed by atoms with Gasteiger partial charge in [0.15, 0.2) is 11.5 Å². The summed E-state index contributed by atoms with van der Waals surface area (Å²) in [5.74, 6) is 0.112. The number of aliphatic hydroxyl groups excluding tert-OH is 1. The molecule has 5 N–H and O–H groups in total. The number of aromatic nitrogens is 4. The number of hydrogen-bond acceptors (Lipinski definition) is 8. The van der Waals surface area contributed by atoms with Crippen molar-refractivity contribution in [3.63, 3.8) is 0 Å². The number of imidazole rings is 1. The molecule has 124 valence electrons. The Labute approximate surface area is 132 Å². The number of nitrogens with zero attached hydrogens (tertiary/aromatic N) is 4. The van der Waals surface area contributed by atoms with Gasteiger partial charge in [0, 0.05) is 11.3 Å². The maximum Gasteiger partial charge on any atom is 0.167 e. The molecule has 1 saturated heterocycles. The highest BCUT2D eigenvalue weighted by molar-refractivity contribution is 5.81. The first-order valence-corrected chi connectivity index (χ1v) is 7.50. The van der Waals surface area contributed by atoms with E-state index in [4.69, 9.17) is 10.5 Å². The van der Waals surface area contributed by atoms with Crippen molar-refractivity contribution in [1.29, 1.82) is 0 Å². The molecule has 0 bridgehead atoms. The van der Waals surface area contributed by atoms with Crippen molar-refractivity contribution < 1.29 is 14.9 Å². The fourth-order valence-corrected chi connectivity index (χ4v) is 4.01. The molecule has 2 fully saturated rings. The summed E-state index contributed by atoms with van der Waals surface area (Å²) in [7, 11) is 1.62. The second kappa shape index (κ2) is 4.38. The zero-order valence-electron chi connectivity index (χ0n) is 13.1. The molecule has 1 saturated carbocycles. The lowest BCUT2D eigenvalue weighted by Gasteiger charge is -2.30. The molecule has 4 rings (SSSR count). The van der Waals surface area contributed by atoms with Crippen molar-refractivity contribution in [2.24, 2.45) is 11.3 Å². The van der Waals surface area contributed by atoms with Crippen LogP contribution in [0.3, 0.4) is 0 Å². The van der Waals surface area contributed by atoms with E-state index in [0.717, 1.165) is 0 Å². The monoisotopic (exact) mass is 320 g/mol. The van der Waals surface area contributed by atoms with E-state index in [2.05, 4.69) is 20.3 Å². The van der Waals surface area contributed by atoms with Crippen molar-refractivity contribution in [3.05, 3.63) is 12.7 Å². The first-order valence-electron chi connectivity index (χ1n) is 7.50. The minimum Gasteiger partial charge on any atom is -0.386 e. The molecule has 9 nitrogen and oxygen atoms in total. The highest BCUT2D eigenvalue weighted by Crippen LogP contribution is 2.73. The largest absolute Gasteiger partial charge is 0.386 e. The van der Waals surface area contributed by atoms with E-state index in [1.54, 1.807) is 17.9 Å². The minimum absolute atomic E-state index is 0.184. The highest BCUT2D eigenvalue weighted by atomic mass is 16.6. The standard InChI is InChI=1S/C14H20N6O3/c1-13(2)7-12(23-8(11(21)16-3)14(7,13)22)20-5-19-6-9(15)17-4-18-10(6)20/h4-5,7-8,11-12,16,21-22H,1-3H3,(H2,15,17,18)/t7-,8-,11?,12-,14+/m1/s1. The van der Waals surface area contributed by atoms with Crippen LogP contribution in [0.4, 0.5) is 5.82 Å². The molecule has 0 radical (unpaired) electrons. The maximum atomic E-state index is 11.0. The van der Waals surface area contributed by atoms with E-state index >= 15 is 0 Å². The predicted octanol–water partition coefficient (Wildman–Crippen LogP) is -0.769. The van der Waals surface area contributed by atoms with Gasteiger partial charge in [-0.25, -0.2) is 15.0 Å². The van der Waals surface area contributed by atoms with Gasteiger partial charge in [0.1, 0.15) is 36.0 Å². The second-order valence-corrected chi connectivity index (χ2v) is 6.79. The van der Waals surface area contributed by atoms with Crippen LogP contribution in [-0.4, -0.2) is 54.7 Å². The van der Waals surface area contributed by atoms with Gasteiger partial charge in [-0.2, -0.15) is 0 Å². The lowest BCUT2D eigenvalue weighted by molar-refractivity contribution is -0.140. The van der Waals surface area contributed by atoms with Crippen LogP contribution in [0.5, 0.6) is 0 Å². The van der Waals surface area contributed by atoms with Crippen molar-refractivity contribution in [1.82, 2.24) is 24.8 Å². The van der Waals surface area contributed by atoms with Gasteiger partial charge in [0.25, 0.3) is 0 Å². The summed E-state index contributed by atoms with van der Waals surface area (Å²) in [6.45, 7) is 3.93. The van der Waals surface area contributed by atoms with Gasteiger partial charge in [0.05, 0.1) is 6.33 Å². The van der Waals surface area contributed by atoms with E-state index in [9.17, 15) is 10.2 Å². The number of nitrogen functional groups attached to an aromatic ring is 1. The third-order valence-electron chi connectivity index (χ3n) is 5.45. The molecule has 1 aliphatic carbocycles. The van der Waals surface area contributed by atoms with E-state index in [0.29, 0.717) is 17.0 Å². The van der Waals surface area contributed by atoms with Gasteiger partial charge in [-0.1, -0.05) is 13.8 Å². The number of likely N-dealkylation sites (N-methyl/N-ethyl adjacent to an activating group) is 1. The number of nitrogens with two attached hydrogens (primary N) is 1. The normalized spacial score (nSPS) is 36.1. The van der Waals surface area contributed by atoms with Gasteiger partial charge >= 0.3 is 0 Å². The molecule has 9 heteroatoms. The summed E-state index contributed by atoms with van der Waals surface area (Å²) < 4.78 is 7.72. The Morgan fingerprint density at radius 3 is 2.83 bits per heavy atom. The van der Waals surface area contributed by atoms with Crippen molar-refractivity contribution in [3.8, 4) is 0 Å². The number of rotatable bonds is 3. The Hall–Kier alpha value is -1.81. The van der Waals surface area contributed by atoms with Crippen LogP contribution in [0, 0.1) is 11.3 Å². The van der Waals surface area contributed by atoms with Crippen molar-refractivity contribution in [2.45, 2.75) is 38.0 Å². The number of fused-ring (bicyclic) bond motifs is 2. The summed E-state index contributed by atoms with van der Waals surface area (Å²) in [6, 6.07) is 0. The SMILES string of the molecule is CNC(O)[C@H]1O[C@@H](n2cnc3c(N)ncnc32)[C@@H]2C(C)(C)[C@@]12O. The van der Waals surface area contributed by atoms with Crippen LogP contribution in [0.2, 0.25) is 0 Å². The molecule has 3 heterocycles. The number of nitrogens with one attached hydrogen (secondary N) is 1. The summed E-state index contributed by atoms with van der Waals surface area (Å²) >= 11 is 0. The Kier molecular flexibility index (Phi) is 2.81. The van der Waals surface area contributed by atoms with Crippen LogP contribution < -0.4 is 11.1 Å². The number of hydrogen-bond donors (Lipinski definition) is 4. The molecule has 23 heavy (non-hydrogen) atoms. The first-order chi connectivity index (χ1) is 10.8. The van der Waals surface area contributed by atoms with Crippen LogP contribution >= 0.6 is 0 Å². The van der Waals surface area contributed by atoms with Gasteiger partial charge in [-0.05, 0) is 7.05 Å². The molecule has 1 unspecified atom stereocenters. The molecule has 2 aromatic heterocycles. The van der Waals surface area contributed by atoms with Crippen molar-refractivity contribution >= 4 is 17.0 Å². The summed E-state index contributed by atoms with van der Waals surface area (Å²) in [4.78, 5) is 12.4. The second-order valence-electron chi connectivity index (χ2n) is 6.79. The molecular weight excluding hydrogens is 300 g/mol.